The van der Waals surface area contributed by atoms with Crippen molar-refractivity contribution in [2.45, 2.75) is 32.7 Å². The average Bonchev–Trinajstić information content (AvgIpc) is 3.20. The smallest absolute Gasteiger partial charge is 0.162 e. The molecule has 0 aliphatic carbocycles. The van der Waals surface area contributed by atoms with Crippen LogP contribution in [0.3, 0.4) is 0 Å². The molecule has 0 unspecified atom stereocenters. The number of methoxy groups -OCH3 is 2. The Bertz CT molecular complexity index is 1170. The minimum Gasteiger partial charge on any atom is -0.493 e. The van der Waals surface area contributed by atoms with Crippen molar-refractivity contribution in [3.63, 3.8) is 0 Å². The molecule has 0 saturated carbocycles. The number of nitrogens with zero attached hydrogens (tertiary/aromatic N) is 4. The van der Waals surface area contributed by atoms with E-state index in [9.17, 15) is 0 Å². The maximum atomic E-state index is 5.46. The third kappa shape index (κ3) is 3.85. The molecule has 2 aromatic heterocycles. The molecule has 2 aromatic carbocycles. The zero-order chi connectivity index (χ0) is 21.3. The number of aromatic nitrogens is 4. The minimum absolute atomic E-state index is 0.149. The van der Waals surface area contributed by atoms with Gasteiger partial charge in [0.15, 0.2) is 11.5 Å². The quantitative estimate of drug-likeness (QED) is 0.477. The molecule has 4 rings (SSSR count). The van der Waals surface area contributed by atoms with Gasteiger partial charge in [-0.05, 0) is 22.6 Å². The first-order chi connectivity index (χ1) is 14.4. The van der Waals surface area contributed by atoms with E-state index in [4.69, 9.17) is 9.47 Å². The normalized spacial score (nSPS) is 11.6. The second-order valence-corrected chi connectivity index (χ2v) is 8.36. The van der Waals surface area contributed by atoms with Crippen LogP contribution >= 0.6 is 0 Å². The lowest BCUT2D eigenvalue weighted by Gasteiger charge is -2.19. The SMILES string of the molecule is COc1cc2nncc(-c3cnn(Cc4ccc(C(C)(C)C)cc4)c3)c2cc1OC. The molecule has 0 aliphatic heterocycles. The zero-order valence-electron chi connectivity index (χ0n) is 18.0. The van der Waals surface area contributed by atoms with Crippen LogP contribution in [0.25, 0.3) is 22.0 Å². The van der Waals surface area contributed by atoms with Crippen molar-refractivity contribution in [1.29, 1.82) is 0 Å². The third-order valence-electron chi connectivity index (χ3n) is 5.25. The molecule has 0 spiro atoms. The van der Waals surface area contributed by atoms with Crippen LogP contribution in [0.5, 0.6) is 11.5 Å². The Kier molecular flexibility index (Phi) is 5.16. The van der Waals surface area contributed by atoms with Crippen LogP contribution < -0.4 is 9.47 Å². The van der Waals surface area contributed by atoms with Gasteiger partial charge >= 0.3 is 0 Å². The van der Waals surface area contributed by atoms with E-state index < -0.39 is 0 Å². The predicted octanol–water partition coefficient (Wildman–Crippen LogP) is 4.86. The first-order valence-electron chi connectivity index (χ1n) is 9.88. The number of rotatable bonds is 5. The van der Waals surface area contributed by atoms with Crippen molar-refractivity contribution in [2.24, 2.45) is 0 Å². The molecule has 0 fully saturated rings. The Morgan fingerprint density at radius 1 is 0.933 bits per heavy atom. The monoisotopic (exact) mass is 402 g/mol. The van der Waals surface area contributed by atoms with Gasteiger partial charge in [0.1, 0.15) is 0 Å². The first kappa shape index (κ1) is 19.9. The van der Waals surface area contributed by atoms with Gasteiger partial charge in [0.2, 0.25) is 0 Å². The van der Waals surface area contributed by atoms with Crippen molar-refractivity contribution in [3.8, 4) is 22.6 Å². The molecular formula is C24H26N4O2. The van der Waals surface area contributed by atoms with E-state index in [-0.39, 0.29) is 5.41 Å². The highest BCUT2D eigenvalue weighted by atomic mass is 16.5. The van der Waals surface area contributed by atoms with Crippen LogP contribution in [0.1, 0.15) is 31.9 Å². The summed E-state index contributed by atoms with van der Waals surface area (Å²) < 4.78 is 12.8. The fraction of sp³-hybridized carbons (Fsp3) is 0.292. The van der Waals surface area contributed by atoms with Gasteiger partial charge in [-0.3, -0.25) is 4.68 Å². The highest BCUT2D eigenvalue weighted by Gasteiger charge is 2.14. The highest BCUT2D eigenvalue weighted by molar-refractivity contribution is 5.95. The largest absolute Gasteiger partial charge is 0.493 e. The molecule has 30 heavy (non-hydrogen) atoms. The summed E-state index contributed by atoms with van der Waals surface area (Å²) in [5.41, 5.74) is 5.36. The Balaban J connectivity index is 1.65. The summed E-state index contributed by atoms with van der Waals surface area (Å²) in [6.07, 6.45) is 5.65. The van der Waals surface area contributed by atoms with E-state index in [0.717, 1.165) is 22.0 Å². The topological polar surface area (TPSA) is 62.1 Å². The molecule has 0 N–H and O–H groups in total. The average molecular weight is 402 g/mol. The molecule has 0 bridgehead atoms. The van der Waals surface area contributed by atoms with Crippen LogP contribution in [-0.4, -0.2) is 34.2 Å². The van der Waals surface area contributed by atoms with Gasteiger partial charge in [0.25, 0.3) is 0 Å². The Hall–Kier alpha value is -3.41. The molecule has 0 saturated heterocycles. The van der Waals surface area contributed by atoms with Gasteiger partial charge in [0.05, 0.1) is 38.7 Å². The molecule has 0 radical (unpaired) electrons. The zero-order valence-corrected chi connectivity index (χ0v) is 18.0. The lowest BCUT2D eigenvalue weighted by atomic mass is 9.87. The van der Waals surface area contributed by atoms with Crippen molar-refractivity contribution >= 4 is 10.9 Å². The van der Waals surface area contributed by atoms with Gasteiger partial charge in [0, 0.05) is 28.8 Å². The fourth-order valence-corrected chi connectivity index (χ4v) is 3.50. The molecule has 154 valence electrons. The van der Waals surface area contributed by atoms with Crippen molar-refractivity contribution < 1.29 is 9.47 Å². The maximum Gasteiger partial charge on any atom is 0.162 e. The second-order valence-electron chi connectivity index (χ2n) is 8.36. The van der Waals surface area contributed by atoms with Gasteiger partial charge < -0.3 is 9.47 Å². The summed E-state index contributed by atoms with van der Waals surface area (Å²) in [4.78, 5) is 0. The molecule has 6 nitrogen and oxygen atoms in total. The summed E-state index contributed by atoms with van der Waals surface area (Å²) in [7, 11) is 3.24. The number of hydrogen-bond donors (Lipinski definition) is 0. The molecule has 6 heteroatoms. The predicted molar refractivity (Wildman–Crippen MR) is 118 cm³/mol. The van der Waals surface area contributed by atoms with Crippen LogP contribution in [0.2, 0.25) is 0 Å². The van der Waals surface area contributed by atoms with E-state index in [1.165, 1.54) is 11.1 Å². The Labute approximate surface area is 176 Å². The highest BCUT2D eigenvalue weighted by Crippen LogP contribution is 2.35. The lowest BCUT2D eigenvalue weighted by molar-refractivity contribution is 0.356. The number of hydrogen-bond acceptors (Lipinski definition) is 5. The number of fused-ring (bicyclic) bond motifs is 1. The van der Waals surface area contributed by atoms with Crippen LogP contribution in [-0.2, 0) is 12.0 Å². The molecule has 0 atom stereocenters. The Morgan fingerprint density at radius 3 is 2.30 bits per heavy atom. The van der Waals surface area contributed by atoms with Crippen LogP contribution in [0.15, 0.2) is 55.0 Å². The number of benzene rings is 2. The summed E-state index contributed by atoms with van der Waals surface area (Å²) in [6, 6.07) is 12.5. The Morgan fingerprint density at radius 2 is 1.63 bits per heavy atom. The van der Waals surface area contributed by atoms with Crippen molar-refractivity contribution in [1.82, 2.24) is 20.0 Å². The summed E-state index contributed by atoms with van der Waals surface area (Å²) >= 11 is 0. The minimum atomic E-state index is 0.149. The maximum absolute atomic E-state index is 5.46. The van der Waals surface area contributed by atoms with Gasteiger partial charge in [-0.1, -0.05) is 45.0 Å². The molecule has 0 aliphatic rings. The summed E-state index contributed by atoms with van der Waals surface area (Å²) in [6.45, 7) is 7.37. The lowest BCUT2D eigenvalue weighted by Crippen LogP contribution is -2.11. The van der Waals surface area contributed by atoms with E-state index in [2.05, 4.69) is 60.3 Å². The molecule has 0 amide bonds. The molecular weight excluding hydrogens is 376 g/mol. The van der Waals surface area contributed by atoms with E-state index in [1.54, 1.807) is 20.4 Å². The standard InChI is InChI=1S/C24H26N4O2/c1-24(2,3)18-8-6-16(7-9-18)14-28-15-17(12-26-28)20-13-25-27-21-11-23(30-5)22(29-4)10-19(20)21/h6-13,15H,14H2,1-5H3. The number of ether oxygens (including phenoxy) is 2. The van der Waals surface area contributed by atoms with Crippen molar-refractivity contribution in [3.05, 3.63) is 66.1 Å². The van der Waals surface area contributed by atoms with Crippen molar-refractivity contribution in [2.75, 3.05) is 14.2 Å². The molecule has 2 heterocycles. The summed E-state index contributed by atoms with van der Waals surface area (Å²) in [5.74, 6) is 1.29. The van der Waals surface area contributed by atoms with Crippen LogP contribution in [0, 0.1) is 0 Å². The van der Waals surface area contributed by atoms with E-state index in [1.807, 2.05) is 29.2 Å². The van der Waals surface area contributed by atoms with Gasteiger partial charge in [-0.25, -0.2) is 0 Å². The summed E-state index contributed by atoms with van der Waals surface area (Å²) in [5, 5.41) is 13.9. The molecule has 4 aromatic rings. The third-order valence-corrected chi connectivity index (χ3v) is 5.25. The van der Waals surface area contributed by atoms with E-state index >= 15 is 0 Å². The van der Waals surface area contributed by atoms with E-state index in [0.29, 0.717) is 18.0 Å². The fourth-order valence-electron chi connectivity index (χ4n) is 3.50. The van der Waals surface area contributed by atoms with Crippen LogP contribution in [0.4, 0.5) is 0 Å². The van der Waals surface area contributed by atoms with Gasteiger partial charge in [-0.2, -0.15) is 15.3 Å². The second kappa shape index (κ2) is 7.78. The van der Waals surface area contributed by atoms with Gasteiger partial charge in [-0.15, -0.1) is 0 Å². The first-order valence-corrected chi connectivity index (χ1v) is 9.88.